The van der Waals surface area contributed by atoms with Crippen LogP contribution in [0.5, 0.6) is 0 Å². The van der Waals surface area contributed by atoms with Gasteiger partial charge in [-0.05, 0) is 43.5 Å². The largest absolute Gasteiger partial charge is 0.351 e. The van der Waals surface area contributed by atoms with Gasteiger partial charge in [0.1, 0.15) is 5.82 Å². The van der Waals surface area contributed by atoms with Gasteiger partial charge >= 0.3 is 0 Å². The summed E-state index contributed by atoms with van der Waals surface area (Å²) < 4.78 is 13.3. The van der Waals surface area contributed by atoms with Gasteiger partial charge in [-0.25, -0.2) is 4.39 Å². The molecule has 1 heterocycles. The van der Waals surface area contributed by atoms with E-state index in [9.17, 15) is 9.18 Å². The van der Waals surface area contributed by atoms with Crippen LogP contribution in [0, 0.1) is 12.7 Å². The molecule has 2 N–H and O–H groups in total. The van der Waals surface area contributed by atoms with Crippen molar-refractivity contribution in [2.24, 2.45) is 0 Å². The van der Waals surface area contributed by atoms with E-state index in [2.05, 4.69) is 10.6 Å². The number of rotatable bonds is 3. The fourth-order valence-electron chi connectivity index (χ4n) is 2.13. The molecule has 0 aromatic heterocycles. The Balaban J connectivity index is 0.00000180. The zero-order valence-electron chi connectivity index (χ0n) is 11.0. The third-order valence-electron chi connectivity index (χ3n) is 3.33. The summed E-state index contributed by atoms with van der Waals surface area (Å²) in [5, 5.41) is 6.04. The molecule has 1 aliphatic heterocycles. The fraction of sp³-hybridized carbons (Fsp3) is 0.500. The summed E-state index contributed by atoms with van der Waals surface area (Å²) in [6, 6.07) is 4.96. The minimum Gasteiger partial charge on any atom is -0.351 e. The maximum Gasteiger partial charge on any atom is 0.237 e. The molecule has 1 fully saturated rings. The van der Waals surface area contributed by atoms with E-state index in [0.29, 0.717) is 12.1 Å². The molecule has 1 aromatic carbocycles. The molecule has 1 atom stereocenters. The monoisotopic (exact) mass is 286 g/mol. The second-order valence-corrected chi connectivity index (χ2v) is 4.80. The molecule has 0 unspecified atom stereocenters. The number of benzene rings is 1. The zero-order chi connectivity index (χ0) is 13.0. The number of halogens is 2. The van der Waals surface area contributed by atoms with Crippen LogP contribution in [-0.4, -0.2) is 18.5 Å². The summed E-state index contributed by atoms with van der Waals surface area (Å²) in [6.07, 6.45) is 3.10. The van der Waals surface area contributed by atoms with Gasteiger partial charge in [-0.1, -0.05) is 18.6 Å². The van der Waals surface area contributed by atoms with Crippen LogP contribution in [0.3, 0.4) is 0 Å². The molecule has 1 aromatic rings. The average Bonchev–Trinajstić information content (AvgIpc) is 2.41. The second-order valence-electron chi connectivity index (χ2n) is 4.80. The second kappa shape index (κ2) is 7.46. The lowest BCUT2D eigenvalue weighted by molar-refractivity contribution is -0.123. The van der Waals surface area contributed by atoms with Crippen LogP contribution in [0.2, 0.25) is 0 Å². The summed E-state index contributed by atoms with van der Waals surface area (Å²) >= 11 is 0. The van der Waals surface area contributed by atoms with Crippen molar-refractivity contribution in [2.45, 2.75) is 38.8 Å². The van der Waals surface area contributed by atoms with Crippen molar-refractivity contribution in [2.75, 3.05) is 6.54 Å². The predicted molar refractivity (Wildman–Crippen MR) is 75.9 cm³/mol. The number of nitrogens with one attached hydrogen (secondary N) is 2. The van der Waals surface area contributed by atoms with Gasteiger partial charge in [0.25, 0.3) is 0 Å². The van der Waals surface area contributed by atoms with E-state index in [-0.39, 0.29) is 30.2 Å². The van der Waals surface area contributed by atoms with Gasteiger partial charge in [0.05, 0.1) is 6.04 Å². The summed E-state index contributed by atoms with van der Waals surface area (Å²) in [5.41, 5.74) is 1.42. The molecule has 0 aliphatic carbocycles. The Hall–Kier alpha value is -1.13. The Morgan fingerprint density at radius 3 is 2.89 bits per heavy atom. The van der Waals surface area contributed by atoms with Gasteiger partial charge in [0, 0.05) is 6.54 Å². The lowest BCUT2D eigenvalue weighted by Gasteiger charge is -2.22. The number of hydrogen-bond acceptors (Lipinski definition) is 2. The Labute approximate surface area is 119 Å². The van der Waals surface area contributed by atoms with Gasteiger partial charge < -0.3 is 10.6 Å². The van der Waals surface area contributed by atoms with Crippen molar-refractivity contribution < 1.29 is 9.18 Å². The number of hydrogen-bond donors (Lipinski definition) is 2. The maximum absolute atomic E-state index is 13.3. The molecular formula is C14H20ClFN2O. The molecule has 0 spiro atoms. The molecule has 2 rings (SSSR count). The molecule has 1 amide bonds. The molecule has 106 valence electrons. The Bertz CT molecular complexity index is 433. The topological polar surface area (TPSA) is 41.1 Å². The van der Waals surface area contributed by atoms with E-state index in [1.54, 1.807) is 13.0 Å². The van der Waals surface area contributed by atoms with Crippen LogP contribution in [0.15, 0.2) is 18.2 Å². The standard InChI is InChI=1S/C14H19FN2O.ClH/c1-10-5-6-11(8-12(10)15)9-17-14(18)13-4-2-3-7-16-13;/h5-6,8,13,16H,2-4,7,9H2,1H3,(H,17,18);1H/t13-;/m1./s1. The predicted octanol–water partition coefficient (Wildman–Crippen LogP) is 2.31. The minimum atomic E-state index is -0.224. The van der Waals surface area contributed by atoms with Crippen LogP contribution in [0.1, 0.15) is 30.4 Å². The molecule has 1 aliphatic rings. The van der Waals surface area contributed by atoms with Gasteiger partial charge in [0.2, 0.25) is 5.91 Å². The molecule has 5 heteroatoms. The van der Waals surface area contributed by atoms with Crippen LogP contribution < -0.4 is 10.6 Å². The maximum atomic E-state index is 13.3. The van der Waals surface area contributed by atoms with E-state index in [4.69, 9.17) is 0 Å². The number of aryl methyl sites for hydroxylation is 1. The lowest BCUT2D eigenvalue weighted by atomic mass is 10.0. The Kier molecular flexibility index (Phi) is 6.25. The Morgan fingerprint density at radius 1 is 1.47 bits per heavy atom. The summed E-state index contributed by atoms with van der Waals surface area (Å²) in [4.78, 5) is 11.9. The molecule has 0 radical (unpaired) electrons. The van der Waals surface area contributed by atoms with E-state index in [1.807, 2.05) is 6.07 Å². The van der Waals surface area contributed by atoms with E-state index in [0.717, 1.165) is 31.4 Å². The van der Waals surface area contributed by atoms with Crippen molar-refractivity contribution in [3.05, 3.63) is 35.1 Å². The molecular weight excluding hydrogens is 267 g/mol. The van der Waals surface area contributed by atoms with Crippen LogP contribution in [0.4, 0.5) is 4.39 Å². The van der Waals surface area contributed by atoms with E-state index >= 15 is 0 Å². The van der Waals surface area contributed by atoms with Crippen molar-refractivity contribution in [1.29, 1.82) is 0 Å². The third kappa shape index (κ3) is 4.48. The van der Waals surface area contributed by atoms with Gasteiger partial charge in [-0.2, -0.15) is 0 Å². The molecule has 0 saturated carbocycles. The van der Waals surface area contributed by atoms with E-state index in [1.165, 1.54) is 6.07 Å². The van der Waals surface area contributed by atoms with Crippen molar-refractivity contribution in [3.63, 3.8) is 0 Å². The summed E-state index contributed by atoms with van der Waals surface area (Å²) in [7, 11) is 0. The SMILES string of the molecule is Cc1ccc(CNC(=O)[C@H]2CCCCN2)cc1F.Cl. The summed E-state index contributed by atoms with van der Waals surface area (Å²) in [6.45, 7) is 3.01. The molecule has 1 saturated heterocycles. The highest BCUT2D eigenvalue weighted by Gasteiger charge is 2.19. The first-order valence-electron chi connectivity index (χ1n) is 6.43. The normalized spacial score (nSPS) is 18.5. The number of carbonyl (C=O) groups excluding carboxylic acids is 1. The molecule has 0 bridgehead atoms. The number of carbonyl (C=O) groups is 1. The molecule has 19 heavy (non-hydrogen) atoms. The number of piperidine rings is 1. The highest BCUT2D eigenvalue weighted by atomic mass is 35.5. The minimum absolute atomic E-state index is 0. The van der Waals surface area contributed by atoms with Crippen molar-refractivity contribution in [1.82, 2.24) is 10.6 Å². The summed E-state index contributed by atoms with van der Waals surface area (Å²) in [5.74, 6) is -0.215. The first-order chi connectivity index (χ1) is 8.66. The average molecular weight is 287 g/mol. The zero-order valence-corrected chi connectivity index (χ0v) is 11.9. The van der Waals surface area contributed by atoms with Crippen LogP contribution in [-0.2, 0) is 11.3 Å². The lowest BCUT2D eigenvalue weighted by Crippen LogP contribution is -2.46. The quantitative estimate of drug-likeness (QED) is 0.895. The van der Waals surface area contributed by atoms with Gasteiger partial charge in [-0.15, -0.1) is 12.4 Å². The van der Waals surface area contributed by atoms with Crippen molar-refractivity contribution >= 4 is 18.3 Å². The number of amides is 1. The van der Waals surface area contributed by atoms with Crippen LogP contribution >= 0.6 is 12.4 Å². The highest BCUT2D eigenvalue weighted by molar-refractivity contribution is 5.85. The van der Waals surface area contributed by atoms with Gasteiger partial charge in [0.15, 0.2) is 0 Å². The first-order valence-corrected chi connectivity index (χ1v) is 6.43. The smallest absolute Gasteiger partial charge is 0.237 e. The Morgan fingerprint density at radius 2 is 2.26 bits per heavy atom. The van der Waals surface area contributed by atoms with Crippen LogP contribution in [0.25, 0.3) is 0 Å². The van der Waals surface area contributed by atoms with E-state index < -0.39 is 0 Å². The van der Waals surface area contributed by atoms with Gasteiger partial charge in [-0.3, -0.25) is 4.79 Å². The molecule has 3 nitrogen and oxygen atoms in total. The fourth-order valence-corrected chi connectivity index (χ4v) is 2.13. The van der Waals surface area contributed by atoms with Crippen molar-refractivity contribution in [3.8, 4) is 0 Å². The third-order valence-corrected chi connectivity index (χ3v) is 3.33. The first kappa shape index (κ1) is 15.9. The highest BCUT2D eigenvalue weighted by Crippen LogP contribution is 2.10.